The number of carbonyl (C=O) groups is 4. The topological polar surface area (TPSA) is 237 Å². The fourth-order valence-corrected chi connectivity index (χ4v) is 13.6. The van der Waals surface area contributed by atoms with Crippen LogP contribution < -0.4 is 0 Å². The van der Waals surface area contributed by atoms with Crippen LogP contribution >= 0.6 is 15.6 Å². The van der Waals surface area contributed by atoms with Crippen LogP contribution in [0.2, 0.25) is 0 Å². The van der Waals surface area contributed by atoms with E-state index >= 15 is 0 Å². The summed E-state index contributed by atoms with van der Waals surface area (Å²) < 4.78 is 68.2. The van der Waals surface area contributed by atoms with Gasteiger partial charge in [0.05, 0.1) is 26.4 Å². The number of phosphoric acid groups is 2. The van der Waals surface area contributed by atoms with Crippen LogP contribution in [0.15, 0.2) is 0 Å². The maximum absolute atomic E-state index is 13.1. The van der Waals surface area contributed by atoms with Crippen molar-refractivity contribution in [3.63, 3.8) is 0 Å². The third-order valence-corrected chi connectivity index (χ3v) is 20.2. The number of hydrogen-bond donors (Lipinski definition) is 3. The lowest BCUT2D eigenvalue weighted by Gasteiger charge is -2.21. The lowest BCUT2D eigenvalue weighted by Crippen LogP contribution is -2.30. The lowest BCUT2D eigenvalue weighted by molar-refractivity contribution is -0.161. The summed E-state index contributed by atoms with van der Waals surface area (Å²) in [4.78, 5) is 72.4. The minimum Gasteiger partial charge on any atom is -0.462 e. The highest BCUT2D eigenvalue weighted by atomic mass is 31.2. The molecular formula is C78H152O17P2. The first kappa shape index (κ1) is 95.1. The summed E-state index contributed by atoms with van der Waals surface area (Å²) in [5.41, 5.74) is 0. The molecule has 19 heteroatoms. The van der Waals surface area contributed by atoms with E-state index in [9.17, 15) is 43.2 Å². The zero-order valence-corrected chi connectivity index (χ0v) is 65.0. The number of hydrogen-bond acceptors (Lipinski definition) is 15. The Morgan fingerprint density at radius 3 is 0.701 bits per heavy atom. The molecule has 0 fully saturated rings. The number of ether oxygens (including phenoxy) is 4. The van der Waals surface area contributed by atoms with Crippen molar-refractivity contribution in [2.75, 3.05) is 39.6 Å². The number of unbranched alkanes of at least 4 members (excludes halogenated alkanes) is 50. The van der Waals surface area contributed by atoms with Crippen molar-refractivity contribution in [1.29, 1.82) is 0 Å². The Hall–Kier alpha value is -1.94. The van der Waals surface area contributed by atoms with E-state index in [1.807, 2.05) is 0 Å². The Balaban J connectivity index is 5.07. The molecule has 5 atom stereocenters. The van der Waals surface area contributed by atoms with Crippen LogP contribution in [0.1, 0.15) is 413 Å². The van der Waals surface area contributed by atoms with E-state index in [0.717, 1.165) is 96.3 Å². The smallest absolute Gasteiger partial charge is 0.462 e. The van der Waals surface area contributed by atoms with Gasteiger partial charge in [-0.25, -0.2) is 9.13 Å². The van der Waals surface area contributed by atoms with Crippen molar-refractivity contribution in [3.8, 4) is 0 Å². The molecule has 0 heterocycles. The zero-order chi connectivity index (χ0) is 71.2. The zero-order valence-electron chi connectivity index (χ0n) is 63.2. The Morgan fingerprint density at radius 2 is 0.474 bits per heavy atom. The predicted molar refractivity (Wildman–Crippen MR) is 395 cm³/mol. The molecule has 17 nitrogen and oxygen atoms in total. The maximum Gasteiger partial charge on any atom is 0.472 e. The second kappa shape index (κ2) is 71.1. The molecule has 0 bridgehead atoms. The lowest BCUT2D eigenvalue weighted by atomic mass is 10.0. The van der Waals surface area contributed by atoms with E-state index in [0.29, 0.717) is 31.6 Å². The van der Waals surface area contributed by atoms with Crippen LogP contribution in [0.3, 0.4) is 0 Å². The number of phosphoric ester groups is 2. The van der Waals surface area contributed by atoms with Crippen LogP contribution in [-0.2, 0) is 65.4 Å². The van der Waals surface area contributed by atoms with Gasteiger partial charge < -0.3 is 33.8 Å². The van der Waals surface area contributed by atoms with Crippen molar-refractivity contribution in [2.24, 2.45) is 5.92 Å². The summed E-state index contributed by atoms with van der Waals surface area (Å²) in [7, 11) is -9.90. The molecule has 0 amide bonds. The van der Waals surface area contributed by atoms with E-state index in [1.165, 1.54) is 231 Å². The quantitative estimate of drug-likeness (QED) is 0.0222. The molecule has 0 saturated heterocycles. The number of aliphatic hydroxyl groups excluding tert-OH is 1. The van der Waals surface area contributed by atoms with Gasteiger partial charge in [-0.3, -0.25) is 37.3 Å². The minimum atomic E-state index is -4.96. The highest BCUT2D eigenvalue weighted by Gasteiger charge is 2.30. The molecular weight excluding hydrogens is 1270 g/mol. The average molecular weight is 1420 g/mol. The third kappa shape index (κ3) is 72.2. The van der Waals surface area contributed by atoms with E-state index in [2.05, 4.69) is 34.6 Å². The van der Waals surface area contributed by atoms with Gasteiger partial charge in [0, 0.05) is 25.7 Å². The first-order chi connectivity index (χ1) is 47.0. The van der Waals surface area contributed by atoms with Crippen molar-refractivity contribution in [3.05, 3.63) is 0 Å². The van der Waals surface area contributed by atoms with E-state index < -0.39 is 97.5 Å². The van der Waals surface area contributed by atoms with Crippen molar-refractivity contribution in [1.82, 2.24) is 0 Å². The fourth-order valence-electron chi connectivity index (χ4n) is 12.1. The van der Waals surface area contributed by atoms with Crippen LogP contribution in [0, 0.1) is 5.92 Å². The Kier molecular flexibility index (Phi) is 69.6. The summed E-state index contributed by atoms with van der Waals surface area (Å²) >= 11 is 0. The van der Waals surface area contributed by atoms with Gasteiger partial charge in [0.1, 0.15) is 19.3 Å². The minimum absolute atomic E-state index is 0.102. The summed E-state index contributed by atoms with van der Waals surface area (Å²) in [6.07, 6.45) is 62.1. The summed E-state index contributed by atoms with van der Waals surface area (Å²) in [5, 5.41) is 10.6. The second-order valence-corrected chi connectivity index (χ2v) is 31.5. The Morgan fingerprint density at radius 1 is 0.278 bits per heavy atom. The standard InChI is InChI=1S/C78H152O17P2/c1-6-9-12-15-17-19-21-23-25-27-29-31-33-35-37-39-41-43-45-47-53-58-63-77(82)94-74(68-89-76(81)62-57-52-46-44-42-40-38-36-34-32-30-28-26-24-22-20-18-16-13-10-7-2)70-93-97(86,87)91-66-72(79)65-90-96(84,85)92-69-73(67-88-75(80)61-56-50-14-11-8-3)95-78(83)64-59-54-49-48-51-55-60-71(4)5/h71-74,79H,6-70H2,1-5H3,(H,84,85)(H,86,87)/t72-,73+,74+/m0/s1. The Bertz CT molecular complexity index is 1860. The van der Waals surface area contributed by atoms with Crippen LogP contribution in [0.5, 0.6) is 0 Å². The fraction of sp³-hybridized carbons (Fsp3) is 0.949. The molecule has 0 spiro atoms. The predicted octanol–water partition coefficient (Wildman–Crippen LogP) is 23.3. The first-order valence-electron chi connectivity index (χ1n) is 40.6. The number of aliphatic hydroxyl groups is 1. The highest BCUT2D eigenvalue weighted by molar-refractivity contribution is 7.47. The van der Waals surface area contributed by atoms with Crippen molar-refractivity contribution < 1.29 is 80.2 Å². The maximum atomic E-state index is 13.1. The van der Waals surface area contributed by atoms with Gasteiger partial charge in [0.15, 0.2) is 12.2 Å². The van der Waals surface area contributed by atoms with E-state index in [4.69, 9.17) is 37.0 Å². The molecule has 0 rings (SSSR count). The SMILES string of the molecule is CCCCCCCCCCCCCCCCCCCCCCCCC(=O)O[C@H](COC(=O)CCCCCCCCCCCCCCCCCCCCCCC)COP(=O)(O)OC[C@@H](O)COP(=O)(O)OC[C@@H](COC(=O)CCCCCCC)OC(=O)CCCCCCCCC(C)C. The molecule has 0 aliphatic heterocycles. The molecule has 3 N–H and O–H groups in total. The number of esters is 4. The molecule has 0 aliphatic carbocycles. The van der Waals surface area contributed by atoms with E-state index in [1.54, 1.807) is 0 Å². The molecule has 0 saturated carbocycles. The van der Waals surface area contributed by atoms with Gasteiger partial charge in [0.2, 0.25) is 0 Å². The van der Waals surface area contributed by atoms with Gasteiger partial charge in [-0.05, 0) is 31.6 Å². The van der Waals surface area contributed by atoms with Gasteiger partial charge in [-0.15, -0.1) is 0 Å². The average Bonchev–Trinajstić information content (AvgIpc) is 1.57. The van der Waals surface area contributed by atoms with Crippen molar-refractivity contribution in [2.45, 2.75) is 432 Å². The highest BCUT2D eigenvalue weighted by Crippen LogP contribution is 2.45. The molecule has 0 aromatic heterocycles. The summed E-state index contributed by atoms with van der Waals surface area (Å²) in [6, 6.07) is 0. The van der Waals surface area contributed by atoms with Crippen LogP contribution in [-0.4, -0.2) is 96.7 Å². The molecule has 576 valence electrons. The molecule has 0 aliphatic rings. The molecule has 2 unspecified atom stereocenters. The number of rotatable bonds is 78. The third-order valence-electron chi connectivity index (χ3n) is 18.3. The second-order valence-electron chi connectivity index (χ2n) is 28.6. The van der Waals surface area contributed by atoms with Gasteiger partial charge in [-0.2, -0.15) is 0 Å². The monoisotopic (exact) mass is 1420 g/mol. The van der Waals surface area contributed by atoms with Crippen LogP contribution in [0.4, 0.5) is 0 Å². The largest absolute Gasteiger partial charge is 0.472 e. The van der Waals surface area contributed by atoms with Gasteiger partial charge in [-0.1, -0.05) is 362 Å². The molecule has 0 radical (unpaired) electrons. The normalized spacial score (nSPS) is 13.9. The number of carbonyl (C=O) groups excluding carboxylic acids is 4. The van der Waals surface area contributed by atoms with E-state index in [-0.39, 0.29) is 25.7 Å². The molecule has 0 aromatic rings. The summed E-state index contributed by atoms with van der Waals surface area (Å²) in [6.45, 7) is 7.10. The Labute approximate surface area is 594 Å². The van der Waals surface area contributed by atoms with Gasteiger partial charge >= 0.3 is 39.5 Å². The molecule has 0 aromatic carbocycles. The van der Waals surface area contributed by atoms with Crippen molar-refractivity contribution >= 4 is 39.5 Å². The van der Waals surface area contributed by atoms with Crippen LogP contribution in [0.25, 0.3) is 0 Å². The van der Waals surface area contributed by atoms with Gasteiger partial charge in [0.25, 0.3) is 0 Å². The molecule has 97 heavy (non-hydrogen) atoms. The first-order valence-corrected chi connectivity index (χ1v) is 43.6. The summed E-state index contributed by atoms with van der Waals surface area (Å²) in [5.74, 6) is -1.46.